The Bertz CT molecular complexity index is 1110. The number of rotatable bonds is 9. The molecule has 178 valence electrons. The number of benzene rings is 1. The first-order chi connectivity index (χ1) is 16.5. The topological polar surface area (TPSA) is 91.7 Å². The Morgan fingerprint density at radius 1 is 1.09 bits per heavy atom. The Hall–Kier alpha value is -3.46. The molecule has 0 radical (unpaired) electrons. The van der Waals surface area contributed by atoms with Crippen molar-refractivity contribution in [2.24, 2.45) is 0 Å². The summed E-state index contributed by atoms with van der Waals surface area (Å²) in [7, 11) is 0. The van der Waals surface area contributed by atoms with Gasteiger partial charge in [-0.25, -0.2) is 4.39 Å². The number of halogens is 1. The van der Waals surface area contributed by atoms with Gasteiger partial charge in [0.1, 0.15) is 17.6 Å². The van der Waals surface area contributed by atoms with E-state index < -0.39 is 23.7 Å². The van der Waals surface area contributed by atoms with E-state index in [1.165, 1.54) is 40.7 Å². The van der Waals surface area contributed by atoms with Crippen LogP contribution in [0.3, 0.4) is 0 Å². The number of hydrogen-bond acceptors (Lipinski definition) is 5. The third kappa shape index (κ3) is 5.72. The predicted molar refractivity (Wildman–Crippen MR) is 125 cm³/mol. The van der Waals surface area contributed by atoms with E-state index in [1.807, 2.05) is 0 Å². The van der Waals surface area contributed by atoms with E-state index in [9.17, 15) is 18.8 Å². The Kier molecular flexibility index (Phi) is 7.74. The lowest BCUT2D eigenvalue weighted by atomic mass is 10.0. The third-order valence-electron chi connectivity index (χ3n) is 5.83. The van der Waals surface area contributed by atoms with Crippen LogP contribution in [-0.2, 0) is 16.1 Å². The van der Waals surface area contributed by atoms with E-state index in [0.717, 1.165) is 25.7 Å². The van der Waals surface area contributed by atoms with Crippen LogP contribution in [0.2, 0.25) is 0 Å². The van der Waals surface area contributed by atoms with Gasteiger partial charge in [-0.3, -0.25) is 14.4 Å². The van der Waals surface area contributed by atoms with E-state index in [2.05, 4.69) is 10.6 Å². The number of nitrogens with one attached hydrogen (secondary N) is 2. The van der Waals surface area contributed by atoms with Crippen LogP contribution in [0.25, 0.3) is 0 Å². The lowest BCUT2D eigenvalue weighted by Gasteiger charge is -2.32. The van der Waals surface area contributed by atoms with Gasteiger partial charge in [0, 0.05) is 11.6 Å². The molecule has 1 unspecified atom stereocenters. The van der Waals surface area contributed by atoms with Crippen molar-refractivity contribution in [1.29, 1.82) is 0 Å². The summed E-state index contributed by atoms with van der Waals surface area (Å²) >= 11 is 1.26. The number of amides is 3. The molecule has 0 bridgehead atoms. The van der Waals surface area contributed by atoms with Gasteiger partial charge >= 0.3 is 0 Å². The Morgan fingerprint density at radius 3 is 2.56 bits per heavy atom. The highest BCUT2D eigenvalue weighted by molar-refractivity contribution is 7.12. The van der Waals surface area contributed by atoms with Crippen LogP contribution in [0.1, 0.15) is 52.7 Å². The zero-order valence-electron chi connectivity index (χ0n) is 18.5. The van der Waals surface area contributed by atoms with Gasteiger partial charge in [0.25, 0.3) is 5.91 Å². The average Bonchev–Trinajstić information content (AvgIpc) is 3.62. The molecule has 7 nitrogen and oxygen atoms in total. The minimum atomic E-state index is -1.22. The van der Waals surface area contributed by atoms with Crippen LogP contribution < -0.4 is 10.6 Å². The van der Waals surface area contributed by atoms with Gasteiger partial charge in [-0.1, -0.05) is 37.1 Å². The minimum absolute atomic E-state index is 0.0131. The summed E-state index contributed by atoms with van der Waals surface area (Å²) in [5, 5.41) is 7.36. The molecule has 2 N–H and O–H groups in total. The first kappa shape index (κ1) is 23.7. The molecular weight excluding hydrogens is 457 g/mol. The molecule has 1 saturated carbocycles. The van der Waals surface area contributed by atoms with Crippen molar-refractivity contribution in [2.45, 2.75) is 44.3 Å². The number of thiophene rings is 1. The molecule has 2 aromatic heterocycles. The molecule has 1 aromatic carbocycles. The molecule has 3 aromatic rings. The molecular formula is C25H26FN3O4S. The maximum Gasteiger partial charge on any atom is 0.261 e. The highest BCUT2D eigenvalue weighted by atomic mass is 32.1. The first-order valence-corrected chi connectivity index (χ1v) is 12.1. The summed E-state index contributed by atoms with van der Waals surface area (Å²) in [6, 6.07) is 11.4. The second-order valence-corrected chi connectivity index (χ2v) is 9.12. The molecule has 1 fully saturated rings. The summed E-state index contributed by atoms with van der Waals surface area (Å²) in [4.78, 5) is 41.0. The van der Waals surface area contributed by atoms with Crippen molar-refractivity contribution < 1.29 is 23.2 Å². The number of nitrogens with zero attached hydrogens (tertiary/aromatic N) is 1. The summed E-state index contributed by atoms with van der Waals surface area (Å²) in [6.45, 7) is -0.406. The second kappa shape index (κ2) is 11.1. The van der Waals surface area contributed by atoms with Crippen molar-refractivity contribution in [3.8, 4) is 0 Å². The number of carbonyl (C=O) groups excluding carboxylic acids is 3. The SMILES string of the molecule is O=C(NCC(=O)N(Cc1ccco1)C(C(=O)NC1CCCC1)c1ccccc1F)c1cccs1. The fourth-order valence-corrected chi connectivity index (χ4v) is 4.78. The molecule has 4 rings (SSSR count). The minimum Gasteiger partial charge on any atom is -0.467 e. The predicted octanol–water partition coefficient (Wildman–Crippen LogP) is 4.04. The zero-order valence-corrected chi connectivity index (χ0v) is 19.4. The van der Waals surface area contributed by atoms with Gasteiger partial charge in [0.05, 0.1) is 24.2 Å². The van der Waals surface area contributed by atoms with E-state index >= 15 is 0 Å². The first-order valence-electron chi connectivity index (χ1n) is 11.2. The Labute approximate surface area is 200 Å². The summed E-state index contributed by atoms with van der Waals surface area (Å²) < 4.78 is 20.3. The molecule has 2 heterocycles. The quantitative estimate of drug-likeness (QED) is 0.481. The van der Waals surface area contributed by atoms with Crippen molar-refractivity contribution in [3.63, 3.8) is 0 Å². The van der Waals surface area contributed by atoms with Crippen LogP contribution in [0.5, 0.6) is 0 Å². The van der Waals surface area contributed by atoms with Crippen LogP contribution in [0.4, 0.5) is 4.39 Å². The lowest BCUT2D eigenvalue weighted by molar-refractivity contribution is -0.141. The monoisotopic (exact) mass is 483 g/mol. The molecule has 1 atom stereocenters. The van der Waals surface area contributed by atoms with E-state index in [0.29, 0.717) is 10.6 Å². The van der Waals surface area contributed by atoms with Crippen LogP contribution in [0.15, 0.2) is 64.6 Å². The van der Waals surface area contributed by atoms with Crippen molar-refractivity contribution >= 4 is 29.1 Å². The van der Waals surface area contributed by atoms with Crippen LogP contribution in [-0.4, -0.2) is 35.2 Å². The molecule has 1 aliphatic rings. The van der Waals surface area contributed by atoms with Crippen LogP contribution in [0, 0.1) is 5.82 Å². The molecule has 34 heavy (non-hydrogen) atoms. The molecule has 1 aliphatic carbocycles. The smallest absolute Gasteiger partial charge is 0.261 e. The van der Waals surface area contributed by atoms with E-state index in [1.54, 1.807) is 35.7 Å². The highest BCUT2D eigenvalue weighted by Crippen LogP contribution is 2.28. The fraction of sp³-hybridized carbons (Fsp3) is 0.320. The number of carbonyl (C=O) groups is 3. The lowest BCUT2D eigenvalue weighted by Crippen LogP contribution is -2.48. The van der Waals surface area contributed by atoms with Gasteiger partial charge < -0.3 is 20.0 Å². The van der Waals surface area contributed by atoms with Gasteiger partial charge in [-0.05, 0) is 42.5 Å². The normalized spacial score (nSPS) is 14.5. The standard InChI is InChI=1S/C25H26FN3O4S/c26-20-11-4-3-10-19(20)23(25(32)28-17-7-1-2-8-17)29(16-18-9-5-13-33-18)22(30)15-27-24(31)21-12-6-14-34-21/h3-6,9-14,17,23H,1-2,7-8,15-16H2,(H,27,31)(H,28,32). The molecule has 0 aliphatic heterocycles. The largest absolute Gasteiger partial charge is 0.467 e. The fourth-order valence-electron chi connectivity index (χ4n) is 4.14. The van der Waals surface area contributed by atoms with Gasteiger partial charge in [0.2, 0.25) is 11.8 Å². The average molecular weight is 484 g/mol. The number of hydrogen-bond donors (Lipinski definition) is 2. The van der Waals surface area contributed by atoms with Crippen molar-refractivity contribution in [1.82, 2.24) is 15.5 Å². The summed E-state index contributed by atoms with van der Waals surface area (Å²) in [6.07, 6.45) is 5.18. The molecule has 3 amide bonds. The second-order valence-electron chi connectivity index (χ2n) is 8.18. The van der Waals surface area contributed by atoms with Gasteiger partial charge in [-0.2, -0.15) is 0 Å². The van der Waals surface area contributed by atoms with E-state index in [-0.39, 0.29) is 30.6 Å². The highest BCUT2D eigenvalue weighted by Gasteiger charge is 2.35. The van der Waals surface area contributed by atoms with Gasteiger partial charge in [-0.15, -0.1) is 11.3 Å². The van der Waals surface area contributed by atoms with Crippen molar-refractivity contribution in [3.05, 3.63) is 82.2 Å². The molecule has 0 spiro atoms. The van der Waals surface area contributed by atoms with Crippen LogP contribution >= 0.6 is 11.3 Å². The summed E-state index contributed by atoms with van der Waals surface area (Å²) in [5.74, 6) is -1.53. The maximum atomic E-state index is 14.9. The zero-order chi connectivity index (χ0) is 23.9. The molecule has 0 saturated heterocycles. The van der Waals surface area contributed by atoms with Crippen molar-refractivity contribution in [2.75, 3.05) is 6.54 Å². The summed E-state index contributed by atoms with van der Waals surface area (Å²) in [5.41, 5.74) is 0.0856. The molecule has 9 heteroatoms. The van der Waals surface area contributed by atoms with Gasteiger partial charge in [0.15, 0.2) is 0 Å². The third-order valence-corrected chi connectivity index (χ3v) is 6.70. The van der Waals surface area contributed by atoms with E-state index in [4.69, 9.17) is 4.42 Å². The maximum absolute atomic E-state index is 14.9. The Balaban J connectivity index is 1.62. The Morgan fingerprint density at radius 2 is 1.88 bits per heavy atom. The number of furan rings is 1.